The number of nitrogens with one attached hydrogen (secondary N) is 1. The summed E-state index contributed by atoms with van der Waals surface area (Å²) >= 11 is 0. The number of aromatic amines is 1. The topological polar surface area (TPSA) is 68.1 Å². The highest BCUT2D eigenvalue weighted by Gasteiger charge is 2.12. The fraction of sp³-hybridized carbons (Fsp3) is 0.143. The van der Waals surface area contributed by atoms with Gasteiger partial charge in [-0.15, -0.1) is 0 Å². The Morgan fingerprint density at radius 2 is 2.11 bits per heavy atom. The Bertz CT molecular complexity index is 759. The first-order valence-corrected chi connectivity index (χ1v) is 6.00. The molecule has 3 aromatic rings. The van der Waals surface area contributed by atoms with Crippen molar-refractivity contribution in [3.8, 4) is 17.3 Å². The zero-order valence-corrected chi connectivity index (χ0v) is 10.3. The average Bonchev–Trinajstić information content (AvgIpc) is 2.85. The fourth-order valence-electron chi connectivity index (χ4n) is 1.86. The van der Waals surface area contributed by atoms with Gasteiger partial charge in [0, 0.05) is 5.56 Å². The smallest absolute Gasteiger partial charge is 0.299 e. The fourth-order valence-corrected chi connectivity index (χ4v) is 1.86. The Morgan fingerprint density at radius 1 is 1.32 bits per heavy atom. The molecule has 0 bridgehead atoms. The minimum Gasteiger partial charge on any atom is -0.465 e. The van der Waals surface area contributed by atoms with E-state index in [1.165, 1.54) is 0 Å². The average molecular weight is 256 g/mol. The second-order valence-electron chi connectivity index (χ2n) is 4.00. The second kappa shape index (κ2) is 4.61. The minimum atomic E-state index is -0.264. The van der Waals surface area contributed by atoms with Crippen molar-refractivity contribution in [2.24, 2.45) is 0 Å². The van der Waals surface area contributed by atoms with Crippen LogP contribution in [0.25, 0.3) is 22.4 Å². The first kappa shape index (κ1) is 11.5. The van der Waals surface area contributed by atoms with Crippen LogP contribution in [0, 0.1) is 0 Å². The predicted molar refractivity (Wildman–Crippen MR) is 71.2 cm³/mol. The van der Waals surface area contributed by atoms with Crippen LogP contribution in [0.1, 0.15) is 6.92 Å². The number of ether oxygens (including phenoxy) is 1. The molecule has 19 heavy (non-hydrogen) atoms. The van der Waals surface area contributed by atoms with Gasteiger partial charge in [0.05, 0.1) is 6.61 Å². The molecular formula is C14H12N2O3. The lowest BCUT2D eigenvalue weighted by Gasteiger charge is -1.99. The summed E-state index contributed by atoms with van der Waals surface area (Å²) in [6, 6.07) is 11.4. The summed E-state index contributed by atoms with van der Waals surface area (Å²) < 4.78 is 10.8. The van der Waals surface area contributed by atoms with E-state index in [-0.39, 0.29) is 17.3 Å². The van der Waals surface area contributed by atoms with E-state index in [0.717, 1.165) is 5.56 Å². The third-order valence-electron chi connectivity index (χ3n) is 2.72. The van der Waals surface area contributed by atoms with Crippen molar-refractivity contribution in [1.29, 1.82) is 0 Å². The molecule has 96 valence electrons. The molecule has 1 aromatic carbocycles. The van der Waals surface area contributed by atoms with Gasteiger partial charge in [0.2, 0.25) is 5.71 Å². The number of hydrogen-bond donors (Lipinski definition) is 1. The van der Waals surface area contributed by atoms with E-state index in [1.807, 2.05) is 37.3 Å². The molecular weight excluding hydrogens is 244 g/mol. The van der Waals surface area contributed by atoms with E-state index in [4.69, 9.17) is 9.15 Å². The molecule has 0 saturated heterocycles. The maximum absolute atomic E-state index is 11.9. The number of rotatable bonds is 3. The molecule has 3 rings (SSSR count). The van der Waals surface area contributed by atoms with Crippen LogP contribution in [-0.4, -0.2) is 16.6 Å². The molecule has 0 saturated carbocycles. The van der Waals surface area contributed by atoms with Gasteiger partial charge in [0.15, 0.2) is 0 Å². The van der Waals surface area contributed by atoms with Gasteiger partial charge in [-0.1, -0.05) is 30.3 Å². The molecule has 0 unspecified atom stereocenters. The molecule has 0 amide bonds. The predicted octanol–water partition coefficient (Wildman–Crippen LogP) is 2.58. The highest BCUT2D eigenvalue weighted by Crippen LogP contribution is 2.25. The summed E-state index contributed by atoms with van der Waals surface area (Å²) in [7, 11) is 0. The molecule has 0 spiro atoms. The maximum atomic E-state index is 11.9. The Hall–Kier alpha value is -2.56. The summed E-state index contributed by atoms with van der Waals surface area (Å²) in [5, 5.41) is 0.419. The first-order chi connectivity index (χ1) is 9.28. The van der Waals surface area contributed by atoms with Crippen molar-refractivity contribution in [1.82, 2.24) is 9.97 Å². The van der Waals surface area contributed by atoms with Crippen LogP contribution in [0.2, 0.25) is 0 Å². The van der Waals surface area contributed by atoms with Gasteiger partial charge < -0.3 is 9.15 Å². The number of nitrogens with zero attached hydrogens (tertiary/aromatic N) is 1. The Balaban J connectivity index is 2.16. The third-order valence-corrected chi connectivity index (χ3v) is 2.72. The molecule has 0 atom stereocenters. The van der Waals surface area contributed by atoms with Gasteiger partial charge in [-0.05, 0) is 13.0 Å². The molecule has 0 aliphatic rings. The largest absolute Gasteiger partial charge is 0.465 e. The second-order valence-corrected chi connectivity index (χ2v) is 4.00. The summed E-state index contributed by atoms with van der Waals surface area (Å²) in [6.07, 6.45) is 0. The maximum Gasteiger partial charge on any atom is 0.299 e. The molecule has 0 fully saturated rings. The molecule has 5 heteroatoms. The quantitative estimate of drug-likeness (QED) is 0.782. The number of aromatic nitrogens is 2. The van der Waals surface area contributed by atoms with Gasteiger partial charge in [0.25, 0.3) is 11.6 Å². The molecule has 0 radical (unpaired) electrons. The van der Waals surface area contributed by atoms with Crippen LogP contribution in [0.4, 0.5) is 0 Å². The molecule has 0 aliphatic heterocycles. The number of hydrogen-bond acceptors (Lipinski definition) is 4. The van der Waals surface area contributed by atoms with Crippen LogP contribution in [-0.2, 0) is 0 Å². The molecule has 1 N–H and O–H groups in total. The lowest BCUT2D eigenvalue weighted by atomic mass is 10.2. The summed E-state index contributed by atoms with van der Waals surface area (Å²) in [4.78, 5) is 18.6. The van der Waals surface area contributed by atoms with Gasteiger partial charge in [-0.25, -0.2) is 0 Å². The highest BCUT2D eigenvalue weighted by atomic mass is 16.5. The van der Waals surface area contributed by atoms with Crippen molar-refractivity contribution in [3.63, 3.8) is 0 Å². The van der Waals surface area contributed by atoms with E-state index >= 15 is 0 Å². The number of fused-ring (bicyclic) bond motifs is 1. The van der Waals surface area contributed by atoms with Crippen LogP contribution in [0.3, 0.4) is 0 Å². The zero-order chi connectivity index (χ0) is 13.2. The SMILES string of the molecule is CCOc1nc2oc(-c3ccccc3)cc2c(=O)[nH]1. The summed E-state index contributed by atoms with van der Waals surface area (Å²) in [5.41, 5.74) is 0.920. The standard InChI is InChI=1S/C14H12N2O3/c1-2-18-14-15-12(17)10-8-11(19-13(10)16-14)9-6-4-3-5-7-9/h3-8H,2H2,1H3,(H,15,16,17). The van der Waals surface area contributed by atoms with E-state index in [2.05, 4.69) is 9.97 Å². The van der Waals surface area contributed by atoms with Gasteiger partial charge in [0.1, 0.15) is 11.1 Å². The Kier molecular flexibility index (Phi) is 2.79. The Labute approximate surface area is 108 Å². The number of furan rings is 1. The van der Waals surface area contributed by atoms with Crippen molar-refractivity contribution < 1.29 is 9.15 Å². The van der Waals surface area contributed by atoms with E-state index in [1.54, 1.807) is 6.07 Å². The normalized spacial score (nSPS) is 10.8. The highest BCUT2D eigenvalue weighted by molar-refractivity contribution is 5.79. The molecule has 2 heterocycles. The van der Waals surface area contributed by atoms with Crippen molar-refractivity contribution in [3.05, 3.63) is 46.8 Å². The number of H-pyrrole nitrogens is 1. The first-order valence-electron chi connectivity index (χ1n) is 6.00. The van der Waals surface area contributed by atoms with E-state index < -0.39 is 0 Å². The number of benzene rings is 1. The van der Waals surface area contributed by atoms with Gasteiger partial charge >= 0.3 is 0 Å². The lowest BCUT2D eigenvalue weighted by molar-refractivity contribution is 0.311. The Morgan fingerprint density at radius 3 is 2.84 bits per heavy atom. The molecule has 5 nitrogen and oxygen atoms in total. The van der Waals surface area contributed by atoms with Crippen LogP contribution in [0.5, 0.6) is 6.01 Å². The monoisotopic (exact) mass is 256 g/mol. The molecule has 2 aromatic heterocycles. The lowest BCUT2D eigenvalue weighted by Crippen LogP contribution is -2.09. The van der Waals surface area contributed by atoms with E-state index in [9.17, 15) is 4.79 Å². The van der Waals surface area contributed by atoms with Crippen LogP contribution in [0.15, 0.2) is 45.6 Å². The van der Waals surface area contributed by atoms with Crippen molar-refractivity contribution in [2.45, 2.75) is 6.92 Å². The van der Waals surface area contributed by atoms with Crippen LogP contribution < -0.4 is 10.3 Å². The van der Waals surface area contributed by atoms with Gasteiger partial charge in [-0.3, -0.25) is 9.78 Å². The summed E-state index contributed by atoms with van der Waals surface area (Å²) in [6.45, 7) is 2.25. The summed E-state index contributed by atoms with van der Waals surface area (Å²) in [5.74, 6) is 0.613. The van der Waals surface area contributed by atoms with E-state index in [0.29, 0.717) is 17.8 Å². The van der Waals surface area contributed by atoms with Crippen molar-refractivity contribution >= 4 is 11.1 Å². The van der Waals surface area contributed by atoms with Gasteiger partial charge in [-0.2, -0.15) is 4.98 Å². The van der Waals surface area contributed by atoms with Crippen molar-refractivity contribution in [2.75, 3.05) is 6.61 Å². The molecule has 0 aliphatic carbocycles. The van der Waals surface area contributed by atoms with Crippen LogP contribution >= 0.6 is 0 Å². The third kappa shape index (κ3) is 2.10. The zero-order valence-electron chi connectivity index (χ0n) is 10.3. The minimum absolute atomic E-state index is 0.175.